The van der Waals surface area contributed by atoms with Crippen molar-refractivity contribution in [2.45, 2.75) is 70.1 Å². The Hall–Kier alpha value is -2.01. The number of hydrogen-bond donors (Lipinski definition) is 0. The van der Waals surface area contributed by atoms with Crippen LogP contribution in [0.5, 0.6) is 11.5 Å². The SMILES string of the molecule is CCCCCCOc1ccc(C(=O)Sc2ccc(OCCCCCC)cc2F)cc1. The quantitative estimate of drug-likeness (QED) is 0.226. The topological polar surface area (TPSA) is 35.5 Å². The minimum Gasteiger partial charge on any atom is -0.494 e. The van der Waals surface area contributed by atoms with E-state index in [9.17, 15) is 9.18 Å². The van der Waals surface area contributed by atoms with Crippen LogP contribution in [-0.4, -0.2) is 18.3 Å². The van der Waals surface area contributed by atoms with Gasteiger partial charge in [-0.15, -0.1) is 0 Å². The number of rotatable bonds is 14. The van der Waals surface area contributed by atoms with E-state index in [1.54, 1.807) is 36.4 Å². The Kier molecular flexibility index (Phi) is 11.4. The van der Waals surface area contributed by atoms with Crippen LogP contribution in [-0.2, 0) is 0 Å². The third-order valence-electron chi connectivity index (χ3n) is 4.73. The van der Waals surface area contributed by atoms with E-state index in [4.69, 9.17) is 9.47 Å². The van der Waals surface area contributed by atoms with Gasteiger partial charge in [-0.1, -0.05) is 52.4 Å². The molecule has 0 atom stereocenters. The minimum absolute atomic E-state index is 0.198. The van der Waals surface area contributed by atoms with Crippen LogP contribution in [0.3, 0.4) is 0 Å². The lowest BCUT2D eigenvalue weighted by atomic mass is 10.2. The van der Waals surface area contributed by atoms with Crippen molar-refractivity contribution in [3.05, 3.63) is 53.8 Å². The molecule has 164 valence electrons. The summed E-state index contributed by atoms with van der Waals surface area (Å²) >= 11 is 0.889. The molecule has 0 aliphatic carbocycles. The van der Waals surface area contributed by atoms with Crippen molar-refractivity contribution in [2.24, 2.45) is 0 Å². The molecule has 0 spiro atoms. The van der Waals surface area contributed by atoms with Gasteiger partial charge >= 0.3 is 0 Å². The molecule has 0 fully saturated rings. The smallest absolute Gasteiger partial charge is 0.224 e. The maximum Gasteiger partial charge on any atom is 0.224 e. The van der Waals surface area contributed by atoms with E-state index >= 15 is 0 Å². The van der Waals surface area contributed by atoms with E-state index in [2.05, 4.69) is 13.8 Å². The third-order valence-corrected chi connectivity index (χ3v) is 5.70. The van der Waals surface area contributed by atoms with Crippen LogP contribution in [0.25, 0.3) is 0 Å². The van der Waals surface area contributed by atoms with Gasteiger partial charge in [-0.2, -0.15) is 0 Å². The van der Waals surface area contributed by atoms with Crippen LogP contribution in [0, 0.1) is 5.82 Å². The van der Waals surface area contributed by atoms with Gasteiger partial charge in [-0.05, 0) is 61.0 Å². The van der Waals surface area contributed by atoms with Crippen molar-refractivity contribution in [1.29, 1.82) is 0 Å². The van der Waals surface area contributed by atoms with Gasteiger partial charge in [-0.3, -0.25) is 4.79 Å². The zero-order valence-corrected chi connectivity index (χ0v) is 18.9. The first-order chi connectivity index (χ1) is 14.6. The standard InChI is InChI=1S/C25H33FO3S/c1-3-5-7-9-17-28-21-13-11-20(12-14-21)25(27)30-24-16-15-22(19-23(24)26)29-18-10-8-6-4-2/h11-16,19H,3-10,17-18H2,1-2H3. The molecule has 3 nitrogen and oxygen atoms in total. The molecule has 0 heterocycles. The lowest BCUT2D eigenvalue weighted by Gasteiger charge is -2.09. The number of carbonyl (C=O) groups excluding carboxylic acids is 1. The zero-order valence-electron chi connectivity index (χ0n) is 18.1. The van der Waals surface area contributed by atoms with Crippen molar-refractivity contribution in [3.8, 4) is 11.5 Å². The summed E-state index contributed by atoms with van der Waals surface area (Å²) in [6.07, 6.45) is 9.04. The molecule has 0 N–H and O–H groups in total. The first kappa shape index (κ1) is 24.3. The number of halogens is 1. The summed E-state index contributed by atoms with van der Waals surface area (Å²) in [6.45, 7) is 5.60. The lowest BCUT2D eigenvalue weighted by Crippen LogP contribution is -1.99. The molecular formula is C25H33FO3S. The number of carbonyl (C=O) groups is 1. The van der Waals surface area contributed by atoms with E-state index in [1.807, 2.05) is 0 Å². The lowest BCUT2D eigenvalue weighted by molar-refractivity contribution is 0.108. The number of hydrogen-bond acceptors (Lipinski definition) is 4. The first-order valence-electron chi connectivity index (χ1n) is 11.0. The average Bonchev–Trinajstić information content (AvgIpc) is 2.75. The van der Waals surface area contributed by atoms with Crippen molar-refractivity contribution in [1.82, 2.24) is 0 Å². The molecule has 0 saturated carbocycles. The van der Waals surface area contributed by atoms with Crippen molar-refractivity contribution in [3.63, 3.8) is 0 Å². The van der Waals surface area contributed by atoms with Crippen LogP contribution in [0.1, 0.15) is 75.6 Å². The fraction of sp³-hybridized carbons (Fsp3) is 0.480. The van der Waals surface area contributed by atoms with Gasteiger partial charge in [0.2, 0.25) is 5.12 Å². The van der Waals surface area contributed by atoms with Crippen molar-refractivity contribution >= 4 is 16.9 Å². The fourth-order valence-electron chi connectivity index (χ4n) is 2.94. The molecule has 0 saturated heterocycles. The summed E-state index contributed by atoms with van der Waals surface area (Å²) in [6, 6.07) is 11.7. The summed E-state index contributed by atoms with van der Waals surface area (Å²) in [5.41, 5.74) is 0.522. The van der Waals surface area contributed by atoms with Crippen LogP contribution in [0.2, 0.25) is 0 Å². The predicted octanol–water partition coefficient (Wildman–Crippen LogP) is 7.68. The molecule has 5 heteroatoms. The monoisotopic (exact) mass is 432 g/mol. The highest BCUT2D eigenvalue weighted by molar-refractivity contribution is 8.14. The van der Waals surface area contributed by atoms with E-state index < -0.39 is 5.82 Å². The second-order valence-corrected chi connectivity index (χ2v) is 8.34. The van der Waals surface area contributed by atoms with Crippen LogP contribution in [0.15, 0.2) is 47.4 Å². The van der Waals surface area contributed by atoms with Crippen LogP contribution < -0.4 is 9.47 Å². The number of ether oxygens (including phenoxy) is 2. The molecule has 0 bridgehead atoms. The van der Waals surface area contributed by atoms with E-state index in [-0.39, 0.29) is 5.12 Å². The maximum atomic E-state index is 14.4. The molecular weight excluding hydrogens is 399 g/mol. The minimum atomic E-state index is -0.438. The Morgan fingerprint density at radius 1 is 0.800 bits per heavy atom. The number of thioether (sulfide) groups is 1. The molecule has 0 radical (unpaired) electrons. The molecule has 0 aromatic heterocycles. The summed E-state index contributed by atoms with van der Waals surface area (Å²) in [5.74, 6) is 0.812. The number of unbranched alkanes of at least 4 members (excludes halogenated alkanes) is 6. The van der Waals surface area contributed by atoms with Gasteiger partial charge in [0.1, 0.15) is 17.3 Å². The van der Waals surface area contributed by atoms with Crippen molar-refractivity contribution < 1.29 is 18.7 Å². The van der Waals surface area contributed by atoms with Gasteiger partial charge < -0.3 is 9.47 Å². The summed E-state index contributed by atoms with van der Waals surface area (Å²) in [5, 5.41) is -0.198. The first-order valence-corrected chi connectivity index (χ1v) is 11.8. The summed E-state index contributed by atoms with van der Waals surface area (Å²) < 4.78 is 25.7. The predicted molar refractivity (Wildman–Crippen MR) is 122 cm³/mol. The fourth-order valence-corrected chi connectivity index (χ4v) is 3.68. The molecule has 30 heavy (non-hydrogen) atoms. The van der Waals surface area contributed by atoms with Crippen LogP contribution in [0.4, 0.5) is 4.39 Å². The highest BCUT2D eigenvalue weighted by Crippen LogP contribution is 2.29. The normalized spacial score (nSPS) is 10.8. The molecule has 2 rings (SSSR count). The van der Waals surface area contributed by atoms with Crippen LogP contribution >= 0.6 is 11.8 Å². The maximum absolute atomic E-state index is 14.4. The molecule has 0 unspecified atom stereocenters. The molecule has 0 amide bonds. The van der Waals surface area contributed by atoms with Gasteiger partial charge in [0, 0.05) is 11.6 Å². The van der Waals surface area contributed by atoms with E-state index in [1.165, 1.54) is 31.7 Å². The summed E-state index contributed by atoms with van der Waals surface area (Å²) in [7, 11) is 0. The molecule has 2 aromatic carbocycles. The molecule has 0 aliphatic rings. The van der Waals surface area contributed by atoms with Gasteiger partial charge in [-0.25, -0.2) is 4.39 Å². The van der Waals surface area contributed by atoms with Crippen molar-refractivity contribution in [2.75, 3.05) is 13.2 Å². The summed E-state index contributed by atoms with van der Waals surface area (Å²) in [4.78, 5) is 12.8. The third kappa shape index (κ3) is 8.78. The van der Waals surface area contributed by atoms with Gasteiger partial charge in [0.05, 0.1) is 18.1 Å². The molecule has 0 aliphatic heterocycles. The Labute approximate surface area is 184 Å². The Bertz CT molecular complexity index is 761. The highest BCUT2D eigenvalue weighted by atomic mass is 32.2. The van der Waals surface area contributed by atoms with Gasteiger partial charge in [0.25, 0.3) is 0 Å². The largest absolute Gasteiger partial charge is 0.494 e. The highest BCUT2D eigenvalue weighted by Gasteiger charge is 2.13. The van der Waals surface area contributed by atoms with E-state index in [0.717, 1.165) is 43.2 Å². The van der Waals surface area contributed by atoms with Gasteiger partial charge in [0.15, 0.2) is 0 Å². The number of benzene rings is 2. The second-order valence-electron chi connectivity index (χ2n) is 7.32. The zero-order chi connectivity index (χ0) is 21.6. The molecule has 2 aromatic rings. The Morgan fingerprint density at radius 3 is 1.93 bits per heavy atom. The second kappa shape index (κ2) is 14.1. The van der Waals surface area contributed by atoms with E-state index in [0.29, 0.717) is 29.4 Å². The Balaban J connectivity index is 1.82. The Morgan fingerprint density at radius 2 is 1.37 bits per heavy atom. The average molecular weight is 433 g/mol.